The summed E-state index contributed by atoms with van der Waals surface area (Å²) in [7, 11) is 0. The molecule has 0 aliphatic rings. The van der Waals surface area contributed by atoms with Gasteiger partial charge >= 0.3 is 0 Å². The van der Waals surface area contributed by atoms with Crippen molar-refractivity contribution in [2.45, 2.75) is 188 Å². The van der Waals surface area contributed by atoms with Crippen molar-refractivity contribution in [3.05, 3.63) is 0 Å². The van der Waals surface area contributed by atoms with Crippen LogP contribution in [0.3, 0.4) is 0 Å². The maximum absolute atomic E-state index is 9.36. The van der Waals surface area contributed by atoms with E-state index in [1.807, 2.05) is 6.92 Å². The van der Waals surface area contributed by atoms with Crippen molar-refractivity contribution in [1.82, 2.24) is 0 Å². The summed E-state index contributed by atoms with van der Waals surface area (Å²) in [5, 5.41) is 18.3. The maximum atomic E-state index is 9.36. The average molecular weight is 485 g/mol. The van der Waals surface area contributed by atoms with Gasteiger partial charge in [0.2, 0.25) is 0 Å². The van der Waals surface area contributed by atoms with Crippen LogP contribution in [0.5, 0.6) is 0 Å². The SMILES string of the molecule is CCCCCCCCCCCCC(C)C(C)O.CCCCCCCCCCCCCC(C)CO. The first-order valence-electron chi connectivity index (χ1n) is 15.8. The largest absolute Gasteiger partial charge is 0.396 e. The molecule has 208 valence electrons. The van der Waals surface area contributed by atoms with Gasteiger partial charge in [0.15, 0.2) is 0 Å². The second-order valence-electron chi connectivity index (χ2n) is 11.3. The lowest BCUT2D eigenvalue weighted by molar-refractivity contribution is 0.128. The molecule has 0 spiro atoms. The predicted molar refractivity (Wildman–Crippen MR) is 155 cm³/mol. The molecule has 0 radical (unpaired) electrons. The maximum Gasteiger partial charge on any atom is 0.0537 e. The highest BCUT2D eigenvalue weighted by Gasteiger charge is 2.07. The van der Waals surface area contributed by atoms with Crippen molar-refractivity contribution in [2.75, 3.05) is 6.61 Å². The lowest BCUT2D eigenvalue weighted by Crippen LogP contribution is -2.12. The number of aliphatic hydroxyl groups excluding tert-OH is 2. The highest BCUT2D eigenvalue weighted by Crippen LogP contribution is 2.16. The third-order valence-corrected chi connectivity index (χ3v) is 7.45. The number of unbranched alkanes of at least 4 members (excludes halogenated alkanes) is 19. The summed E-state index contributed by atoms with van der Waals surface area (Å²) < 4.78 is 0. The summed E-state index contributed by atoms with van der Waals surface area (Å²) in [5.74, 6) is 0.984. The van der Waals surface area contributed by atoms with Crippen LogP contribution in [0.4, 0.5) is 0 Å². The highest BCUT2D eigenvalue weighted by molar-refractivity contribution is 4.59. The standard InChI is InChI=1S/2C16H34O/c1-4-5-6-7-8-9-10-11-12-13-14-15(2)16(3)17;1-3-4-5-6-7-8-9-10-11-12-13-14-16(2)15-17/h15-17H,4-14H2,1-3H3;16-17H,3-15H2,1-2H3. The smallest absolute Gasteiger partial charge is 0.0537 e. The lowest BCUT2D eigenvalue weighted by Gasteiger charge is -2.13. The summed E-state index contributed by atoms with van der Waals surface area (Å²) in [4.78, 5) is 0. The van der Waals surface area contributed by atoms with E-state index in [-0.39, 0.29) is 6.10 Å². The molecule has 0 aromatic rings. The minimum absolute atomic E-state index is 0.131. The molecule has 0 saturated heterocycles. The molecule has 0 bridgehead atoms. The topological polar surface area (TPSA) is 40.5 Å². The Labute approximate surface area is 217 Å². The Morgan fingerprint density at radius 3 is 1.03 bits per heavy atom. The Bertz CT molecular complexity index is 342. The molecule has 3 atom stereocenters. The van der Waals surface area contributed by atoms with E-state index in [1.54, 1.807) is 0 Å². The summed E-state index contributed by atoms with van der Waals surface area (Å²) >= 11 is 0. The summed E-state index contributed by atoms with van der Waals surface area (Å²) in [6.07, 6.45) is 31.7. The van der Waals surface area contributed by atoms with Crippen molar-refractivity contribution < 1.29 is 10.2 Å². The molecular formula is C32H68O2. The van der Waals surface area contributed by atoms with Crippen LogP contribution in [0.15, 0.2) is 0 Å². The van der Waals surface area contributed by atoms with Gasteiger partial charge in [-0.3, -0.25) is 0 Å². The predicted octanol–water partition coefficient (Wildman–Crippen LogP) is 10.6. The fourth-order valence-corrected chi connectivity index (χ4v) is 4.44. The van der Waals surface area contributed by atoms with Crippen molar-refractivity contribution in [1.29, 1.82) is 0 Å². The van der Waals surface area contributed by atoms with Gasteiger partial charge in [-0.1, -0.05) is 163 Å². The molecule has 2 nitrogen and oxygen atoms in total. The molecule has 0 fully saturated rings. The summed E-state index contributed by atoms with van der Waals surface area (Å²) in [5.41, 5.74) is 0. The molecule has 3 unspecified atom stereocenters. The summed E-state index contributed by atoms with van der Waals surface area (Å²) in [6, 6.07) is 0. The van der Waals surface area contributed by atoms with Crippen LogP contribution < -0.4 is 0 Å². The van der Waals surface area contributed by atoms with Gasteiger partial charge in [-0.15, -0.1) is 0 Å². The van der Waals surface area contributed by atoms with Gasteiger partial charge < -0.3 is 10.2 Å². The second-order valence-corrected chi connectivity index (χ2v) is 11.3. The molecule has 2 N–H and O–H groups in total. The van der Waals surface area contributed by atoms with E-state index in [0.29, 0.717) is 18.4 Å². The van der Waals surface area contributed by atoms with E-state index in [4.69, 9.17) is 5.11 Å². The van der Waals surface area contributed by atoms with E-state index in [2.05, 4.69) is 27.7 Å². The van der Waals surface area contributed by atoms with Crippen molar-refractivity contribution in [2.24, 2.45) is 11.8 Å². The number of hydrogen-bond acceptors (Lipinski definition) is 2. The van der Waals surface area contributed by atoms with Crippen molar-refractivity contribution >= 4 is 0 Å². The Kier molecular flexibility index (Phi) is 32.8. The molecule has 0 aliphatic heterocycles. The van der Waals surface area contributed by atoms with Gasteiger partial charge in [0.25, 0.3) is 0 Å². The van der Waals surface area contributed by atoms with Crippen molar-refractivity contribution in [3.63, 3.8) is 0 Å². The summed E-state index contributed by atoms with van der Waals surface area (Å²) in [6.45, 7) is 11.1. The Morgan fingerprint density at radius 1 is 0.441 bits per heavy atom. The normalized spacial score (nSPS) is 13.9. The zero-order valence-electron chi connectivity index (χ0n) is 24.6. The zero-order valence-corrected chi connectivity index (χ0v) is 24.6. The first-order chi connectivity index (χ1) is 16.5. The minimum Gasteiger partial charge on any atom is -0.396 e. The molecule has 0 amide bonds. The molecule has 0 rings (SSSR count). The van der Waals surface area contributed by atoms with Gasteiger partial charge in [0.1, 0.15) is 0 Å². The van der Waals surface area contributed by atoms with Crippen LogP contribution in [-0.2, 0) is 0 Å². The molecule has 0 aromatic carbocycles. The molecular weight excluding hydrogens is 416 g/mol. The number of aliphatic hydroxyl groups is 2. The molecule has 0 saturated carbocycles. The number of rotatable bonds is 25. The van der Waals surface area contributed by atoms with Gasteiger partial charge in [-0.2, -0.15) is 0 Å². The Hall–Kier alpha value is -0.0800. The van der Waals surface area contributed by atoms with Gasteiger partial charge in [0.05, 0.1) is 6.10 Å². The Morgan fingerprint density at radius 2 is 0.735 bits per heavy atom. The molecule has 0 aromatic heterocycles. The zero-order chi connectivity index (χ0) is 25.7. The lowest BCUT2D eigenvalue weighted by atomic mass is 9.97. The van der Waals surface area contributed by atoms with E-state index in [9.17, 15) is 5.11 Å². The fourth-order valence-electron chi connectivity index (χ4n) is 4.44. The first-order valence-corrected chi connectivity index (χ1v) is 15.8. The van der Waals surface area contributed by atoms with E-state index < -0.39 is 0 Å². The molecule has 2 heteroatoms. The van der Waals surface area contributed by atoms with Gasteiger partial charge in [0, 0.05) is 6.61 Å². The van der Waals surface area contributed by atoms with Crippen LogP contribution in [-0.4, -0.2) is 22.9 Å². The third-order valence-electron chi connectivity index (χ3n) is 7.45. The highest BCUT2D eigenvalue weighted by atomic mass is 16.3. The van der Waals surface area contributed by atoms with Crippen molar-refractivity contribution in [3.8, 4) is 0 Å². The van der Waals surface area contributed by atoms with Gasteiger partial charge in [-0.25, -0.2) is 0 Å². The van der Waals surface area contributed by atoms with Crippen LogP contribution in [0.2, 0.25) is 0 Å². The molecule has 0 heterocycles. The van der Waals surface area contributed by atoms with E-state index in [1.165, 1.54) is 148 Å². The fraction of sp³-hybridized carbons (Fsp3) is 1.00. The quantitative estimate of drug-likeness (QED) is 0.126. The second kappa shape index (κ2) is 31.0. The number of hydrogen-bond donors (Lipinski definition) is 2. The van der Waals surface area contributed by atoms with Crippen LogP contribution >= 0.6 is 0 Å². The van der Waals surface area contributed by atoms with Gasteiger partial charge in [-0.05, 0) is 31.6 Å². The molecule has 34 heavy (non-hydrogen) atoms. The molecule has 0 aliphatic carbocycles. The van der Waals surface area contributed by atoms with Crippen LogP contribution in [0, 0.1) is 11.8 Å². The van der Waals surface area contributed by atoms with Crippen LogP contribution in [0.25, 0.3) is 0 Å². The van der Waals surface area contributed by atoms with Crippen LogP contribution in [0.1, 0.15) is 182 Å². The Balaban J connectivity index is 0. The minimum atomic E-state index is -0.131. The first kappa shape index (κ1) is 36.1. The average Bonchev–Trinajstić information content (AvgIpc) is 2.83. The van der Waals surface area contributed by atoms with E-state index in [0.717, 1.165) is 0 Å². The third kappa shape index (κ3) is 31.9. The monoisotopic (exact) mass is 485 g/mol. The van der Waals surface area contributed by atoms with E-state index >= 15 is 0 Å².